The highest BCUT2D eigenvalue weighted by Gasteiger charge is 2.24. The number of hydrogen-bond donors (Lipinski definition) is 6. The molecule has 0 aromatic rings. The van der Waals surface area contributed by atoms with Crippen LogP contribution in [0.5, 0.6) is 0 Å². The largest absolute Gasteiger partial charge is 0.394 e. The number of thioether (sulfide) groups is 1. The van der Waals surface area contributed by atoms with E-state index in [-0.39, 0.29) is 0 Å². The van der Waals surface area contributed by atoms with Crippen LogP contribution in [0.2, 0.25) is 0 Å². The fourth-order valence-electron chi connectivity index (χ4n) is 0.505. The fourth-order valence-corrected chi connectivity index (χ4v) is 1.33. The van der Waals surface area contributed by atoms with Crippen LogP contribution in [0.3, 0.4) is 0 Å². The second-order valence-corrected chi connectivity index (χ2v) is 3.66. The molecule has 4 atom stereocenters. The predicted octanol–water partition coefficient (Wildman–Crippen LogP) is -2.94. The highest BCUT2D eigenvalue weighted by molar-refractivity contribution is 8.00. The Morgan fingerprint density at radius 1 is 0.769 bits per heavy atom. The van der Waals surface area contributed by atoms with Crippen LogP contribution in [-0.2, 0) is 0 Å². The zero-order valence-corrected chi connectivity index (χ0v) is 7.63. The first-order valence-corrected chi connectivity index (χ1v) is 4.56. The third-order valence-electron chi connectivity index (χ3n) is 1.31. The van der Waals surface area contributed by atoms with Gasteiger partial charge in [0.25, 0.3) is 0 Å². The molecule has 0 heterocycles. The van der Waals surface area contributed by atoms with Crippen molar-refractivity contribution in [3.63, 3.8) is 0 Å². The Labute approximate surface area is 79.5 Å². The van der Waals surface area contributed by atoms with Crippen molar-refractivity contribution in [1.82, 2.24) is 0 Å². The molecule has 0 aromatic heterocycles. The Bertz CT molecular complexity index is 120. The van der Waals surface area contributed by atoms with Gasteiger partial charge in [0.2, 0.25) is 0 Å². The van der Waals surface area contributed by atoms with E-state index in [0.29, 0.717) is 11.8 Å². The SMILES string of the molecule is OCC(O)C(O)SC(O)C(O)CO. The number of aliphatic hydroxyl groups is 6. The van der Waals surface area contributed by atoms with E-state index in [1.165, 1.54) is 0 Å². The van der Waals surface area contributed by atoms with E-state index in [4.69, 9.17) is 30.6 Å². The second-order valence-electron chi connectivity index (χ2n) is 2.42. The molecule has 0 aliphatic carbocycles. The molecule has 0 amide bonds. The molecule has 0 saturated carbocycles. The molecule has 0 bridgehead atoms. The molecular formula is C6H14O6S. The summed E-state index contributed by atoms with van der Waals surface area (Å²) in [5.74, 6) is 0. The van der Waals surface area contributed by atoms with Crippen molar-refractivity contribution in [3.05, 3.63) is 0 Å². The smallest absolute Gasteiger partial charge is 0.130 e. The minimum Gasteiger partial charge on any atom is -0.394 e. The van der Waals surface area contributed by atoms with Gasteiger partial charge in [0.1, 0.15) is 23.1 Å². The lowest BCUT2D eigenvalue weighted by atomic mass is 10.4. The van der Waals surface area contributed by atoms with Crippen molar-refractivity contribution in [2.24, 2.45) is 0 Å². The van der Waals surface area contributed by atoms with E-state index in [2.05, 4.69) is 0 Å². The molecular weight excluding hydrogens is 200 g/mol. The average molecular weight is 214 g/mol. The molecule has 0 saturated heterocycles. The Kier molecular flexibility index (Phi) is 6.60. The predicted molar refractivity (Wildman–Crippen MR) is 45.8 cm³/mol. The number of hydrogen-bond acceptors (Lipinski definition) is 7. The van der Waals surface area contributed by atoms with Crippen molar-refractivity contribution in [1.29, 1.82) is 0 Å². The minimum absolute atomic E-state index is 0.456. The molecule has 0 aromatic carbocycles. The van der Waals surface area contributed by atoms with Crippen LogP contribution in [0.1, 0.15) is 0 Å². The van der Waals surface area contributed by atoms with E-state index in [9.17, 15) is 0 Å². The maximum absolute atomic E-state index is 9.03. The maximum atomic E-state index is 9.03. The highest BCUT2D eigenvalue weighted by atomic mass is 32.2. The van der Waals surface area contributed by atoms with E-state index in [0.717, 1.165) is 0 Å². The van der Waals surface area contributed by atoms with Gasteiger partial charge in [-0.05, 0) is 0 Å². The van der Waals surface area contributed by atoms with Crippen LogP contribution in [0.4, 0.5) is 0 Å². The molecule has 13 heavy (non-hydrogen) atoms. The summed E-state index contributed by atoms with van der Waals surface area (Å²) in [4.78, 5) is 0. The van der Waals surface area contributed by atoms with Crippen LogP contribution in [0, 0.1) is 0 Å². The lowest BCUT2D eigenvalue weighted by Gasteiger charge is -2.20. The van der Waals surface area contributed by atoms with Gasteiger partial charge in [0.15, 0.2) is 0 Å². The lowest BCUT2D eigenvalue weighted by Crippen LogP contribution is -2.33. The molecule has 0 radical (unpaired) electrons. The Morgan fingerprint density at radius 3 is 1.31 bits per heavy atom. The van der Waals surface area contributed by atoms with Crippen LogP contribution >= 0.6 is 11.8 Å². The van der Waals surface area contributed by atoms with Crippen molar-refractivity contribution >= 4 is 11.8 Å². The van der Waals surface area contributed by atoms with Crippen LogP contribution < -0.4 is 0 Å². The Balaban J connectivity index is 3.83. The molecule has 6 nitrogen and oxygen atoms in total. The van der Waals surface area contributed by atoms with E-state index >= 15 is 0 Å². The molecule has 0 aliphatic rings. The van der Waals surface area contributed by atoms with Gasteiger partial charge in [-0.3, -0.25) is 0 Å². The number of rotatable bonds is 6. The van der Waals surface area contributed by atoms with E-state index in [1.807, 2.05) is 0 Å². The van der Waals surface area contributed by atoms with E-state index in [1.54, 1.807) is 0 Å². The van der Waals surface area contributed by atoms with Crippen molar-refractivity contribution < 1.29 is 30.6 Å². The van der Waals surface area contributed by atoms with Crippen LogP contribution in [-0.4, -0.2) is 66.9 Å². The molecule has 80 valence electrons. The van der Waals surface area contributed by atoms with Gasteiger partial charge in [0.05, 0.1) is 13.2 Å². The second kappa shape index (κ2) is 6.55. The average Bonchev–Trinajstić information content (AvgIpc) is 2.14. The summed E-state index contributed by atoms with van der Waals surface area (Å²) in [5, 5.41) is 52.6. The van der Waals surface area contributed by atoms with Crippen LogP contribution in [0.15, 0.2) is 0 Å². The number of aliphatic hydroxyl groups excluding tert-OH is 6. The van der Waals surface area contributed by atoms with Gasteiger partial charge in [-0.1, -0.05) is 11.8 Å². The normalized spacial score (nSPS) is 20.8. The minimum atomic E-state index is -1.40. The van der Waals surface area contributed by atoms with Gasteiger partial charge in [0, 0.05) is 0 Å². The Hall–Kier alpha value is 0.110. The third-order valence-corrected chi connectivity index (χ3v) is 2.50. The maximum Gasteiger partial charge on any atom is 0.130 e. The zero-order chi connectivity index (χ0) is 10.4. The van der Waals surface area contributed by atoms with Crippen molar-refractivity contribution in [2.45, 2.75) is 23.1 Å². The first kappa shape index (κ1) is 13.1. The zero-order valence-electron chi connectivity index (χ0n) is 6.82. The summed E-state index contributed by atoms with van der Waals surface area (Å²) in [6.45, 7) is -1.29. The first-order chi connectivity index (χ1) is 6.02. The summed E-state index contributed by atoms with van der Waals surface area (Å²) in [6.07, 6.45) is -2.77. The summed E-state index contributed by atoms with van der Waals surface area (Å²) in [5.41, 5.74) is -2.80. The molecule has 4 unspecified atom stereocenters. The third kappa shape index (κ3) is 4.77. The van der Waals surface area contributed by atoms with Crippen molar-refractivity contribution in [2.75, 3.05) is 13.2 Å². The van der Waals surface area contributed by atoms with E-state index < -0.39 is 36.3 Å². The van der Waals surface area contributed by atoms with Gasteiger partial charge in [-0.25, -0.2) is 0 Å². The molecule has 0 aliphatic heterocycles. The lowest BCUT2D eigenvalue weighted by molar-refractivity contribution is 0.0139. The van der Waals surface area contributed by atoms with Crippen molar-refractivity contribution in [3.8, 4) is 0 Å². The first-order valence-electron chi connectivity index (χ1n) is 3.62. The van der Waals surface area contributed by atoms with Crippen LogP contribution in [0.25, 0.3) is 0 Å². The monoisotopic (exact) mass is 214 g/mol. The summed E-state index contributed by atoms with van der Waals surface area (Å²) in [7, 11) is 0. The quantitative estimate of drug-likeness (QED) is 0.262. The topological polar surface area (TPSA) is 121 Å². The summed E-state index contributed by atoms with van der Waals surface area (Å²) < 4.78 is 0. The van der Waals surface area contributed by atoms with Gasteiger partial charge in [-0.2, -0.15) is 0 Å². The molecule has 0 fully saturated rings. The summed E-state index contributed by atoms with van der Waals surface area (Å²) in [6, 6.07) is 0. The Morgan fingerprint density at radius 2 is 1.08 bits per heavy atom. The standard InChI is InChI=1S/C6H14O6S/c7-1-3(9)5(11)13-6(12)4(10)2-8/h3-12H,1-2H2. The van der Waals surface area contributed by atoms with Gasteiger partial charge in [-0.15, -0.1) is 0 Å². The molecule has 0 rings (SSSR count). The fraction of sp³-hybridized carbons (Fsp3) is 1.00. The summed E-state index contributed by atoms with van der Waals surface area (Å²) >= 11 is 0.456. The highest BCUT2D eigenvalue weighted by Crippen LogP contribution is 2.19. The molecule has 6 N–H and O–H groups in total. The van der Waals surface area contributed by atoms with Gasteiger partial charge < -0.3 is 30.6 Å². The van der Waals surface area contributed by atoms with Gasteiger partial charge >= 0.3 is 0 Å². The molecule has 0 spiro atoms. The molecule has 7 heteroatoms.